The molecule has 0 aromatic heterocycles. The Hall–Kier alpha value is -1.81. The topological polar surface area (TPSA) is 44.5 Å². The van der Waals surface area contributed by atoms with Crippen molar-refractivity contribution in [2.75, 3.05) is 19.5 Å². The molecule has 0 atom stereocenters. The van der Waals surface area contributed by atoms with Crippen LogP contribution in [0.2, 0.25) is 0 Å². The third kappa shape index (κ3) is 3.61. The van der Waals surface area contributed by atoms with Crippen LogP contribution < -0.4 is 15.2 Å². The lowest BCUT2D eigenvalue weighted by atomic mass is 10.3. The van der Waals surface area contributed by atoms with Crippen molar-refractivity contribution in [3.63, 3.8) is 0 Å². The molecule has 0 saturated carbocycles. The summed E-state index contributed by atoms with van der Waals surface area (Å²) in [6.45, 7) is 2.75. The van der Waals surface area contributed by atoms with E-state index in [1.807, 2.05) is 42.5 Å². The summed E-state index contributed by atoms with van der Waals surface area (Å²) in [7, 11) is 1.68. The maximum Gasteiger partial charge on any atom is 0.143 e. The second kappa shape index (κ2) is 7.10. The molecule has 0 aliphatic carbocycles. The number of rotatable bonds is 6. The van der Waals surface area contributed by atoms with Crippen molar-refractivity contribution < 1.29 is 9.47 Å². The van der Waals surface area contributed by atoms with Crippen LogP contribution in [0.1, 0.15) is 13.3 Å². The minimum Gasteiger partial charge on any atom is -0.496 e. The van der Waals surface area contributed by atoms with Gasteiger partial charge in [0.05, 0.1) is 24.3 Å². The minimum atomic E-state index is 0.669. The van der Waals surface area contributed by atoms with E-state index in [-0.39, 0.29) is 0 Å². The van der Waals surface area contributed by atoms with E-state index in [0.717, 1.165) is 27.7 Å². The van der Waals surface area contributed by atoms with Gasteiger partial charge in [0, 0.05) is 4.90 Å². The van der Waals surface area contributed by atoms with E-state index in [9.17, 15) is 0 Å². The quantitative estimate of drug-likeness (QED) is 0.809. The molecule has 0 heterocycles. The third-order valence-corrected chi connectivity index (χ3v) is 3.79. The van der Waals surface area contributed by atoms with E-state index >= 15 is 0 Å². The first-order valence-electron chi connectivity index (χ1n) is 6.57. The number of anilines is 1. The van der Waals surface area contributed by atoms with E-state index in [4.69, 9.17) is 15.2 Å². The van der Waals surface area contributed by atoms with Crippen molar-refractivity contribution in [1.82, 2.24) is 0 Å². The number of nitrogen functional groups attached to an aromatic ring is 1. The summed E-state index contributed by atoms with van der Waals surface area (Å²) >= 11 is 1.63. The third-order valence-electron chi connectivity index (χ3n) is 2.74. The van der Waals surface area contributed by atoms with Gasteiger partial charge in [-0.15, -0.1) is 0 Å². The van der Waals surface area contributed by atoms with Crippen LogP contribution in [-0.2, 0) is 0 Å². The average Bonchev–Trinajstić information content (AvgIpc) is 2.48. The molecule has 2 N–H and O–H groups in total. The van der Waals surface area contributed by atoms with E-state index in [2.05, 4.69) is 6.92 Å². The number of para-hydroxylation sites is 1. The van der Waals surface area contributed by atoms with E-state index in [0.29, 0.717) is 12.3 Å². The molecule has 0 fully saturated rings. The molecule has 0 unspecified atom stereocenters. The lowest BCUT2D eigenvalue weighted by Gasteiger charge is -2.11. The van der Waals surface area contributed by atoms with E-state index < -0.39 is 0 Å². The highest BCUT2D eigenvalue weighted by atomic mass is 32.2. The smallest absolute Gasteiger partial charge is 0.143 e. The molecule has 2 aromatic carbocycles. The van der Waals surface area contributed by atoms with Gasteiger partial charge in [-0.05, 0) is 36.8 Å². The Kier molecular flexibility index (Phi) is 5.18. The van der Waals surface area contributed by atoms with Crippen molar-refractivity contribution in [1.29, 1.82) is 0 Å². The van der Waals surface area contributed by atoms with Gasteiger partial charge in [0.25, 0.3) is 0 Å². The summed E-state index contributed by atoms with van der Waals surface area (Å²) in [5, 5.41) is 0. The molecular weight excluding hydrogens is 270 g/mol. The predicted octanol–water partition coefficient (Wildman–Crippen LogP) is 4.22. The molecule has 0 saturated heterocycles. The maximum atomic E-state index is 5.92. The fourth-order valence-electron chi connectivity index (χ4n) is 1.75. The van der Waals surface area contributed by atoms with Crippen LogP contribution in [0.15, 0.2) is 52.3 Å². The highest BCUT2D eigenvalue weighted by Crippen LogP contribution is 2.37. The lowest BCUT2D eigenvalue weighted by molar-refractivity contribution is 0.318. The van der Waals surface area contributed by atoms with Crippen LogP contribution in [0.3, 0.4) is 0 Å². The molecule has 0 radical (unpaired) electrons. The van der Waals surface area contributed by atoms with Crippen LogP contribution in [0, 0.1) is 0 Å². The Labute approximate surface area is 124 Å². The molecule has 0 bridgehead atoms. The minimum absolute atomic E-state index is 0.669. The van der Waals surface area contributed by atoms with Crippen LogP contribution in [-0.4, -0.2) is 13.7 Å². The first-order valence-corrected chi connectivity index (χ1v) is 7.39. The summed E-state index contributed by atoms with van der Waals surface area (Å²) in [6.07, 6.45) is 0.962. The number of benzene rings is 2. The lowest BCUT2D eigenvalue weighted by Crippen LogP contribution is -1.99. The second-order valence-electron chi connectivity index (χ2n) is 4.30. The van der Waals surface area contributed by atoms with Crippen molar-refractivity contribution in [2.45, 2.75) is 23.1 Å². The Morgan fingerprint density at radius 1 is 1.10 bits per heavy atom. The zero-order valence-electron chi connectivity index (χ0n) is 11.8. The molecule has 20 heavy (non-hydrogen) atoms. The molecule has 0 amide bonds. The zero-order chi connectivity index (χ0) is 14.4. The van der Waals surface area contributed by atoms with Gasteiger partial charge < -0.3 is 15.2 Å². The van der Waals surface area contributed by atoms with Crippen LogP contribution in [0.5, 0.6) is 11.5 Å². The Bertz CT molecular complexity index is 572. The molecule has 106 valence electrons. The average molecular weight is 289 g/mol. The maximum absolute atomic E-state index is 5.92. The summed E-state index contributed by atoms with van der Waals surface area (Å²) < 4.78 is 11.0. The van der Waals surface area contributed by atoms with Gasteiger partial charge >= 0.3 is 0 Å². The summed E-state index contributed by atoms with van der Waals surface area (Å²) in [4.78, 5) is 2.15. The molecular formula is C16H19NO2S. The Morgan fingerprint density at radius 3 is 2.65 bits per heavy atom. The van der Waals surface area contributed by atoms with Gasteiger partial charge in [0.15, 0.2) is 0 Å². The molecule has 2 aromatic rings. The number of hydrogen-bond donors (Lipinski definition) is 1. The fraction of sp³-hybridized carbons (Fsp3) is 0.250. The summed E-state index contributed by atoms with van der Waals surface area (Å²) in [5.41, 5.74) is 6.59. The predicted molar refractivity (Wildman–Crippen MR) is 83.8 cm³/mol. The summed E-state index contributed by atoms with van der Waals surface area (Å²) in [6, 6.07) is 13.8. The van der Waals surface area contributed by atoms with Crippen LogP contribution in [0.4, 0.5) is 5.69 Å². The SMILES string of the molecule is CCCOc1cc(Sc2ccccc2OC)ccc1N. The largest absolute Gasteiger partial charge is 0.496 e. The normalized spacial score (nSPS) is 10.3. The number of methoxy groups -OCH3 is 1. The number of ether oxygens (including phenoxy) is 2. The van der Waals surface area contributed by atoms with Gasteiger partial charge in [-0.25, -0.2) is 0 Å². The Balaban J connectivity index is 2.20. The molecule has 2 rings (SSSR count). The summed E-state index contributed by atoms with van der Waals surface area (Å²) in [5.74, 6) is 1.61. The Morgan fingerprint density at radius 2 is 1.90 bits per heavy atom. The monoisotopic (exact) mass is 289 g/mol. The molecule has 0 aliphatic heterocycles. The van der Waals surface area contributed by atoms with Crippen LogP contribution >= 0.6 is 11.8 Å². The van der Waals surface area contributed by atoms with Gasteiger partial charge in [0.1, 0.15) is 11.5 Å². The first kappa shape index (κ1) is 14.6. The molecule has 0 spiro atoms. The number of hydrogen-bond acceptors (Lipinski definition) is 4. The van der Waals surface area contributed by atoms with Crippen LogP contribution in [0.25, 0.3) is 0 Å². The zero-order valence-corrected chi connectivity index (χ0v) is 12.6. The standard InChI is InChI=1S/C16H19NO2S/c1-3-10-19-15-11-12(8-9-13(15)17)20-16-7-5-4-6-14(16)18-2/h4-9,11H,3,10,17H2,1-2H3. The second-order valence-corrected chi connectivity index (χ2v) is 5.42. The number of nitrogens with two attached hydrogens (primary N) is 1. The van der Waals surface area contributed by atoms with Crippen molar-refractivity contribution >= 4 is 17.4 Å². The van der Waals surface area contributed by atoms with Crippen molar-refractivity contribution in [3.05, 3.63) is 42.5 Å². The molecule has 0 aliphatic rings. The fourth-order valence-corrected chi connectivity index (χ4v) is 2.70. The van der Waals surface area contributed by atoms with E-state index in [1.165, 1.54) is 0 Å². The van der Waals surface area contributed by atoms with Gasteiger partial charge in [-0.2, -0.15) is 0 Å². The van der Waals surface area contributed by atoms with Gasteiger partial charge in [-0.3, -0.25) is 0 Å². The van der Waals surface area contributed by atoms with E-state index in [1.54, 1.807) is 18.9 Å². The first-order chi connectivity index (χ1) is 9.74. The molecule has 3 nitrogen and oxygen atoms in total. The van der Waals surface area contributed by atoms with Gasteiger partial charge in [-0.1, -0.05) is 30.8 Å². The van der Waals surface area contributed by atoms with Crippen molar-refractivity contribution in [2.24, 2.45) is 0 Å². The van der Waals surface area contributed by atoms with Gasteiger partial charge in [0.2, 0.25) is 0 Å². The van der Waals surface area contributed by atoms with Crippen molar-refractivity contribution in [3.8, 4) is 11.5 Å². The molecule has 4 heteroatoms. The highest BCUT2D eigenvalue weighted by molar-refractivity contribution is 7.99. The highest BCUT2D eigenvalue weighted by Gasteiger charge is 2.07.